The molecule has 0 unspecified atom stereocenters. The van der Waals surface area contributed by atoms with Crippen molar-refractivity contribution in [1.82, 2.24) is 10.4 Å². The number of hydrogen-bond acceptors (Lipinski definition) is 3. The number of hydroxylamine groups is 1. The standard InChI is InChI=1S/C12H18N2O2/c1-3-14(2)12(15)9-13-16-10-11-7-5-4-6-8-11/h4-8,13H,3,9-10H2,1-2H3. The minimum Gasteiger partial charge on any atom is -0.345 e. The van der Waals surface area contributed by atoms with E-state index < -0.39 is 0 Å². The smallest absolute Gasteiger partial charge is 0.238 e. The van der Waals surface area contributed by atoms with E-state index in [4.69, 9.17) is 4.84 Å². The molecular weight excluding hydrogens is 204 g/mol. The average Bonchev–Trinajstić information content (AvgIpc) is 2.34. The van der Waals surface area contributed by atoms with Gasteiger partial charge in [0.2, 0.25) is 5.91 Å². The number of amides is 1. The molecule has 1 rings (SSSR count). The van der Waals surface area contributed by atoms with Gasteiger partial charge in [-0.15, -0.1) is 0 Å². The zero-order valence-electron chi connectivity index (χ0n) is 9.77. The Morgan fingerprint density at radius 2 is 2.06 bits per heavy atom. The van der Waals surface area contributed by atoms with Crippen molar-refractivity contribution >= 4 is 5.91 Å². The molecule has 0 saturated heterocycles. The number of benzene rings is 1. The van der Waals surface area contributed by atoms with Gasteiger partial charge in [-0.25, -0.2) is 0 Å². The van der Waals surface area contributed by atoms with E-state index in [1.54, 1.807) is 11.9 Å². The van der Waals surface area contributed by atoms with Gasteiger partial charge < -0.3 is 4.90 Å². The van der Waals surface area contributed by atoms with Crippen molar-refractivity contribution in [2.75, 3.05) is 20.1 Å². The highest BCUT2D eigenvalue weighted by molar-refractivity contribution is 5.77. The van der Waals surface area contributed by atoms with Gasteiger partial charge in [0, 0.05) is 13.6 Å². The highest BCUT2D eigenvalue weighted by Crippen LogP contribution is 1.98. The molecular formula is C12H18N2O2. The Kier molecular flexibility index (Phi) is 5.53. The van der Waals surface area contributed by atoms with E-state index >= 15 is 0 Å². The van der Waals surface area contributed by atoms with Gasteiger partial charge in [0.1, 0.15) is 6.54 Å². The third kappa shape index (κ3) is 4.42. The van der Waals surface area contributed by atoms with Crippen molar-refractivity contribution < 1.29 is 9.63 Å². The van der Waals surface area contributed by atoms with E-state index in [0.29, 0.717) is 13.2 Å². The van der Waals surface area contributed by atoms with Gasteiger partial charge >= 0.3 is 0 Å². The van der Waals surface area contributed by atoms with Crippen molar-refractivity contribution in [3.05, 3.63) is 35.9 Å². The summed E-state index contributed by atoms with van der Waals surface area (Å²) in [6.07, 6.45) is 0. The lowest BCUT2D eigenvalue weighted by Gasteiger charge is -2.14. The number of likely N-dealkylation sites (N-methyl/N-ethyl adjacent to an activating group) is 1. The highest BCUT2D eigenvalue weighted by atomic mass is 16.6. The van der Waals surface area contributed by atoms with Crippen molar-refractivity contribution in [3.8, 4) is 0 Å². The Balaban J connectivity index is 2.15. The topological polar surface area (TPSA) is 41.6 Å². The summed E-state index contributed by atoms with van der Waals surface area (Å²) in [5, 5.41) is 0. The van der Waals surface area contributed by atoms with Crippen LogP contribution in [0.5, 0.6) is 0 Å². The van der Waals surface area contributed by atoms with E-state index in [1.807, 2.05) is 37.3 Å². The van der Waals surface area contributed by atoms with Gasteiger partial charge in [0.25, 0.3) is 0 Å². The first-order valence-corrected chi connectivity index (χ1v) is 5.36. The maximum Gasteiger partial charge on any atom is 0.238 e. The second-order valence-corrected chi connectivity index (χ2v) is 3.50. The minimum absolute atomic E-state index is 0.0237. The normalized spacial score (nSPS) is 10.1. The van der Waals surface area contributed by atoms with Gasteiger partial charge in [-0.2, -0.15) is 5.48 Å². The zero-order valence-corrected chi connectivity index (χ0v) is 9.77. The molecule has 0 aliphatic heterocycles. The fourth-order valence-electron chi connectivity index (χ4n) is 1.13. The number of carbonyl (C=O) groups is 1. The van der Waals surface area contributed by atoms with Gasteiger partial charge in [-0.1, -0.05) is 30.3 Å². The quantitative estimate of drug-likeness (QED) is 0.580. The van der Waals surface area contributed by atoms with Crippen LogP contribution in [0.15, 0.2) is 30.3 Å². The predicted molar refractivity (Wildman–Crippen MR) is 62.5 cm³/mol. The van der Waals surface area contributed by atoms with Crippen LogP contribution in [-0.2, 0) is 16.2 Å². The van der Waals surface area contributed by atoms with Gasteiger partial charge in [0.15, 0.2) is 0 Å². The molecule has 0 bridgehead atoms. The molecule has 0 aliphatic rings. The molecule has 0 aromatic heterocycles. The van der Waals surface area contributed by atoms with Crippen LogP contribution in [0.25, 0.3) is 0 Å². The Labute approximate surface area is 96.2 Å². The van der Waals surface area contributed by atoms with Crippen molar-refractivity contribution in [1.29, 1.82) is 0 Å². The highest BCUT2D eigenvalue weighted by Gasteiger charge is 2.04. The monoisotopic (exact) mass is 222 g/mol. The lowest BCUT2D eigenvalue weighted by molar-refractivity contribution is -0.131. The summed E-state index contributed by atoms with van der Waals surface area (Å²) >= 11 is 0. The lowest BCUT2D eigenvalue weighted by atomic mass is 10.2. The largest absolute Gasteiger partial charge is 0.345 e. The summed E-state index contributed by atoms with van der Waals surface area (Å²) < 4.78 is 0. The van der Waals surface area contributed by atoms with Gasteiger partial charge in [0.05, 0.1) is 6.61 Å². The van der Waals surface area contributed by atoms with Gasteiger partial charge in [-0.05, 0) is 12.5 Å². The molecule has 0 atom stereocenters. The van der Waals surface area contributed by atoms with Crippen LogP contribution in [-0.4, -0.2) is 30.9 Å². The molecule has 88 valence electrons. The molecule has 4 nitrogen and oxygen atoms in total. The Morgan fingerprint density at radius 1 is 1.38 bits per heavy atom. The Hall–Kier alpha value is -1.39. The van der Waals surface area contributed by atoms with Crippen molar-refractivity contribution in [2.24, 2.45) is 0 Å². The van der Waals surface area contributed by atoms with E-state index in [9.17, 15) is 4.79 Å². The Morgan fingerprint density at radius 3 is 2.69 bits per heavy atom. The van der Waals surface area contributed by atoms with Gasteiger partial charge in [-0.3, -0.25) is 9.63 Å². The summed E-state index contributed by atoms with van der Waals surface area (Å²) in [6.45, 7) is 3.31. The third-order valence-corrected chi connectivity index (χ3v) is 2.31. The number of hydrogen-bond donors (Lipinski definition) is 1. The summed E-state index contributed by atoms with van der Waals surface area (Å²) in [4.78, 5) is 18.2. The summed E-state index contributed by atoms with van der Waals surface area (Å²) in [6, 6.07) is 9.81. The van der Waals surface area contributed by atoms with Crippen molar-refractivity contribution in [3.63, 3.8) is 0 Å². The average molecular weight is 222 g/mol. The first-order valence-electron chi connectivity index (χ1n) is 5.36. The first kappa shape index (κ1) is 12.7. The van der Waals surface area contributed by atoms with Crippen LogP contribution in [0.1, 0.15) is 12.5 Å². The molecule has 4 heteroatoms. The van der Waals surface area contributed by atoms with Crippen LogP contribution in [0, 0.1) is 0 Å². The number of nitrogens with zero attached hydrogens (tertiary/aromatic N) is 1. The molecule has 0 fully saturated rings. The Bertz CT molecular complexity index is 314. The fraction of sp³-hybridized carbons (Fsp3) is 0.417. The zero-order chi connectivity index (χ0) is 11.8. The fourth-order valence-corrected chi connectivity index (χ4v) is 1.13. The second-order valence-electron chi connectivity index (χ2n) is 3.50. The van der Waals surface area contributed by atoms with E-state index in [-0.39, 0.29) is 12.5 Å². The van der Waals surface area contributed by atoms with E-state index in [1.165, 1.54) is 0 Å². The van der Waals surface area contributed by atoms with Crippen molar-refractivity contribution in [2.45, 2.75) is 13.5 Å². The van der Waals surface area contributed by atoms with Crippen LogP contribution in [0.2, 0.25) is 0 Å². The van der Waals surface area contributed by atoms with Crippen LogP contribution < -0.4 is 5.48 Å². The third-order valence-electron chi connectivity index (χ3n) is 2.31. The molecule has 1 aromatic carbocycles. The molecule has 1 amide bonds. The SMILES string of the molecule is CCN(C)C(=O)CNOCc1ccccc1. The number of carbonyl (C=O) groups excluding carboxylic acids is 1. The molecule has 0 aliphatic carbocycles. The van der Waals surface area contributed by atoms with E-state index in [0.717, 1.165) is 5.56 Å². The van der Waals surface area contributed by atoms with Crippen LogP contribution in [0.3, 0.4) is 0 Å². The summed E-state index contributed by atoms with van der Waals surface area (Å²) in [7, 11) is 1.77. The van der Waals surface area contributed by atoms with Crippen LogP contribution in [0.4, 0.5) is 0 Å². The predicted octanol–water partition coefficient (Wildman–Crippen LogP) is 1.19. The maximum absolute atomic E-state index is 11.4. The molecule has 0 radical (unpaired) electrons. The number of rotatable bonds is 6. The van der Waals surface area contributed by atoms with E-state index in [2.05, 4.69) is 5.48 Å². The molecule has 1 N–H and O–H groups in total. The molecule has 0 heterocycles. The number of nitrogens with one attached hydrogen (secondary N) is 1. The molecule has 1 aromatic rings. The lowest BCUT2D eigenvalue weighted by Crippen LogP contribution is -2.35. The minimum atomic E-state index is 0.0237. The molecule has 16 heavy (non-hydrogen) atoms. The molecule has 0 spiro atoms. The second kappa shape index (κ2) is 6.98. The van der Waals surface area contributed by atoms with Crippen LogP contribution >= 0.6 is 0 Å². The summed E-state index contributed by atoms with van der Waals surface area (Å²) in [5.74, 6) is 0.0237. The maximum atomic E-state index is 11.4. The first-order chi connectivity index (χ1) is 7.74. The summed E-state index contributed by atoms with van der Waals surface area (Å²) in [5.41, 5.74) is 3.73. The molecule has 0 saturated carbocycles.